The zero-order chi connectivity index (χ0) is 12.3. The van der Waals surface area contributed by atoms with Crippen LogP contribution in [0.5, 0.6) is 0 Å². The van der Waals surface area contributed by atoms with Crippen molar-refractivity contribution < 1.29 is 9.59 Å². The Hall–Kier alpha value is -2.50. The zero-order valence-corrected chi connectivity index (χ0v) is 9.12. The summed E-state index contributed by atoms with van der Waals surface area (Å²) in [5, 5.41) is 10.1. The van der Waals surface area contributed by atoms with Crippen LogP contribution >= 0.6 is 0 Å². The Morgan fingerprint density at radius 1 is 1.47 bits per heavy atom. The van der Waals surface area contributed by atoms with Gasteiger partial charge in [0.1, 0.15) is 5.69 Å². The topological polar surface area (TPSA) is 76.9 Å². The van der Waals surface area contributed by atoms with Crippen LogP contribution in [0.3, 0.4) is 0 Å². The van der Waals surface area contributed by atoms with Gasteiger partial charge in [-0.25, -0.2) is 4.68 Å². The molecule has 0 atom stereocenters. The predicted molar refractivity (Wildman–Crippen MR) is 61.1 cm³/mol. The van der Waals surface area contributed by atoms with Gasteiger partial charge in [-0.15, -0.1) is 5.10 Å². The third kappa shape index (κ3) is 2.36. The van der Waals surface area contributed by atoms with Crippen LogP contribution in [-0.4, -0.2) is 27.2 Å². The molecular weight excluding hydrogens is 220 g/mol. The van der Waals surface area contributed by atoms with Crippen LogP contribution < -0.4 is 5.32 Å². The standard InChI is InChI=1S/C11H10N4O2/c1-8(17)13-9-3-2-4-10(5-9)15-11(7-16)6-12-14-15/h2-7H,1H3,(H,13,17). The smallest absolute Gasteiger partial charge is 0.221 e. The SMILES string of the molecule is CC(=O)Nc1cccc(-n2nncc2C=O)c1. The Kier molecular flexibility index (Phi) is 2.95. The summed E-state index contributed by atoms with van der Waals surface area (Å²) in [6, 6.07) is 7.00. The van der Waals surface area contributed by atoms with E-state index in [1.807, 2.05) is 0 Å². The molecule has 17 heavy (non-hydrogen) atoms. The number of aldehydes is 1. The normalized spacial score (nSPS) is 9.94. The molecule has 0 aliphatic rings. The van der Waals surface area contributed by atoms with Crippen LogP contribution in [0, 0.1) is 0 Å². The summed E-state index contributed by atoms with van der Waals surface area (Å²) < 4.78 is 1.40. The summed E-state index contributed by atoms with van der Waals surface area (Å²) >= 11 is 0. The van der Waals surface area contributed by atoms with Crippen LogP contribution in [0.15, 0.2) is 30.5 Å². The molecule has 0 saturated carbocycles. The number of aromatic nitrogens is 3. The Morgan fingerprint density at radius 3 is 3.00 bits per heavy atom. The summed E-state index contributed by atoms with van der Waals surface area (Å²) in [4.78, 5) is 21.7. The molecule has 0 radical (unpaired) electrons. The first-order valence-corrected chi connectivity index (χ1v) is 4.94. The number of carbonyl (C=O) groups excluding carboxylic acids is 2. The molecule has 1 aromatic heterocycles. The summed E-state index contributed by atoms with van der Waals surface area (Å²) in [6.45, 7) is 1.43. The Balaban J connectivity index is 2.39. The molecule has 6 heteroatoms. The number of nitrogens with zero attached hydrogens (tertiary/aromatic N) is 3. The maximum atomic E-state index is 10.9. The first kappa shape index (κ1) is 11.0. The van der Waals surface area contributed by atoms with E-state index in [4.69, 9.17) is 0 Å². The van der Waals surface area contributed by atoms with E-state index in [1.165, 1.54) is 17.8 Å². The fourth-order valence-corrected chi connectivity index (χ4v) is 1.44. The maximum absolute atomic E-state index is 10.9. The fraction of sp³-hybridized carbons (Fsp3) is 0.0909. The van der Waals surface area contributed by atoms with Crippen LogP contribution in [0.2, 0.25) is 0 Å². The fourth-order valence-electron chi connectivity index (χ4n) is 1.44. The van der Waals surface area contributed by atoms with E-state index in [-0.39, 0.29) is 5.91 Å². The molecule has 6 nitrogen and oxygen atoms in total. The average molecular weight is 230 g/mol. The molecular formula is C11H10N4O2. The number of carbonyl (C=O) groups is 2. The second-order valence-electron chi connectivity index (χ2n) is 3.42. The molecule has 0 saturated heterocycles. The summed E-state index contributed by atoms with van der Waals surface area (Å²) in [6.07, 6.45) is 2.04. The van der Waals surface area contributed by atoms with Gasteiger partial charge in [-0.2, -0.15) is 0 Å². The first-order chi connectivity index (χ1) is 8.20. The van der Waals surface area contributed by atoms with Crippen molar-refractivity contribution in [2.24, 2.45) is 0 Å². The molecule has 2 aromatic rings. The number of nitrogens with one attached hydrogen (secondary N) is 1. The van der Waals surface area contributed by atoms with Crippen molar-refractivity contribution in [1.82, 2.24) is 15.0 Å². The molecule has 0 unspecified atom stereocenters. The lowest BCUT2D eigenvalue weighted by Gasteiger charge is -2.05. The van der Waals surface area contributed by atoms with Crippen molar-refractivity contribution >= 4 is 17.9 Å². The number of benzene rings is 1. The van der Waals surface area contributed by atoms with Gasteiger partial charge in [0.25, 0.3) is 0 Å². The van der Waals surface area contributed by atoms with Gasteiger partial charge in [0.05, 0.1) is 11.9 Å². The largest absolute Gasteiger partial charge is 0.326 e. The van der Waals surface area contributed by atoms with Gasteiger partial charge < -0.3 is 5.32 Å². The quantitative estimate of drug-likeness (QED) is 0.799. The van der Waals surface area contributed by atoms with Gasteiger partial charge in [0.15, 0.2) is 6.29 Å². The van der Waals surface area contributed by atoms with Crippen molar-refractivity contribution in [3.8, 4) is 5.69 Å². The van der Waals surface area contributed by atoms with Crippen molar-refractivity contribution in [3.63, 3.8) is 0 Å². The second-order valence-corrected chi connectivity index (χ2v) is 3.42. The Bertz CT molecular complexity index is 562. The van der Waals surface area contributed by atoms with Crippen molar-refractivity contribution in [1.29, 1.82) is 0 Å². The van der Waals surface area contributed by atoms with E-state index in [0.717, 1.165) is 0 Å². The molecule has 1 aromatic carbocycles. The highest BCUT2D eigenvalue weighted by molar-refractivity contribution is 5.89. The molecule has 0 spiro atoms. The van der Waals surface area contributed by atoms with Gasteiger partial charge in [-0.05, 0) is 18.2 Å². The first-order valence-electron chi connectivity index (χ1n) is 4.94. The molecule has 0 fully saturated rings. The maximum Gasteiger partial charge on any atom is 0.221 e. The lowest BCUT2D eigenvalue weighted by molar-refractivity contribution is -0.114. The highest BCUT2D eigenvalue weighted by atomic mass is 16.1. The minimum absolute atomic E-state index is 0.156. The molecule has 1 heterocycles. The van der Waals surface area contributed by atoms with E-state index < -0.39 is 0 Å². The monoisotopic (exact) mass is 230 g/mol. The van der Waals surface area contributed by atoms with E-state index in [9.17, 15) is 9.59 Å². The van der Waals surface area contributed by atoms with Crippen LogP contribution in [0.1, 0.15) is 17.4 Å². The van der Waals surface area contributed by atoms with Crippen molar-refractivity contribution in [2.45, 2.75) is 6.92 Å². The number of anilines is 1. The highest BCUT2D eigenvalue weighted by Crippen LogP contribution is 2.14. The van der Waals surface area contributed by atoms with E-state index in [0.29, 0.717) is 23.4 Å². The second kappa shape index (κ2) is 4.56. The molecule has 0 aliphatic heterocycles. The summed E-state index contributed by atoms with van der Waals surface area (Å²) in [7, 11) is 0. The molecule has 0 aliphatic carbocycles. The van der Waals surface area contributed by atoms with Gasteiger partial charge >= 0.3 is 0 Å². The van der Waals surface area contributed by atoms with Crippen LogP contribution in [0.25, 0.3) is 5.69 Å². The summed E-state index contributed by atoms with van der Waals surface area (Å²) in [5.41, 5.74) is 1.66. The summed E-state index contributed by atoms with van der Waals surface area (Å²) in [5.74, 6) is -0.156. The number of amides is 1. The van der Waals surface area contributed by atoms with Crippen LogP contribution in [0.4, 0.5) is 5.69 Å². The lowest BCUT2D eigenvalue weighted by atomic mass is 10.2. The molecule has 2 rings (SSSR count). The molecule has 0 bridgehead atoms. The van der Waals surface area contributed by atoms with E-state index in [1.54, 1.807) is 24.3 Å². The van der Waals surface area contributed by atoms with Crippen LogP contribution in [-0.2, 0) is 4.79 Å². The third-order valence-electron chi connectivity index (χ3n) is 2.11. The van der Waals surface area contributed by atoms with Gasteiger partial charge in [0, 0.05) is 12.6 Å². The van der Waals surface area contributed by atoms with E-state index >= 15 is 0 Å². The van der Waals surface area contributed by atoms with Gasteiger partial charge in [0.2, 0.25) is 5.91 Å². The lowest BCUT2D eigenvalue weighted by Crippen LogP contribution is -2.07. The minimum Gasteiger partial charge on any atom is -0.326 e. The van der Waals surface area contributed by atoms with Gasteiger partial charge in [-0.3, -0.25) is 9.59 Å². The molecule has 1 N–H and O–H groups in total. The molecule has 86 valence electrons. The number of rotatable bonds is 3. The number of hydrogen-bond donors (Lipinski definition) is 1. The molecule has 1 amide bonds. The van der Waals surface area contributed by atoms with Crippen molar-refractivity contribution in [2.75, 3.05) is 5.32 Å². The zero-order valence-electron chi connectivity index (χ0n) is 9.12. The number of hydrogen-bond acceptors (Lipinski definition) is 4. The van der Waals surface area contributed by atoms with Gasteiger partial charge in [-0.1, -0.05) is 11.3 Å². The van der Waals surface area contributed by atoms with E-state index in [2.05, 4.69) is 15.6 Å². The average Bonchev–Trinajstić information content (AvgIpc) is 2.76. The predicted octanol–water partition coefficient (Wildman–Crippen LogP) is 1.04. The Morgan fingerprint density at radius 2 is 2.29 bits per heavy atom. The third-order valence-corrected chi connectivity index (χ3v) is 2.11. The minimum atomic E-state index is -0.156. The Labute approximate surface area is 97.3 Å². The highest BCUT2D eigenvalue weighted by Gasteiger charge is 2.05. The van der Waals surface area contributed by atoms with Crippen molar-refractivity contribution in [3.05, 3.63) is 36.2 Å².